The smallest absolute Gasteiger partial charge is 0.258 e. The first-order valence-corrected chi connectivity index (χ1v) is 8.96. The molecule has 0 unspecified atom stereocenters. The highest BCUT2D eigenvalue weighted by atomic mass is 16.1. The van der Waals surface area contributed by atoms with Gasteiger partial charge in [-0.05, 0) is 30.0 Å². The highest BCUT2D eigenvalue weighted by molar-refractivity contribution is 6.02. The van der Waals surface area contributed by atoms with Crippen LogP contribution in [0.5, 0.6) is 0 Å². The number of carbonyl (C=O) groups excluding carboxylic acids is 1. The number of benzene rings is 3. The second kappa shape index (κ2) is 7.41. The Bertz CT molecular complexity index is 1180. The molecule has 0 atom stereocenters. The maximum absolute atomic E-state index is 12.3. The summed E-state index contributed by atoms with van der Waals surface area (Å²) in [6.45, 7) is 0. The number of aromatic nitrogens is 2. The highest BCUT2D eigenvalue weighted by Gasteiger charge is 2.07. The van der Waals surface area contributed by atoms with Crippen molar-refractivity contribution in [3.63, 3.8) is 0 Å². The number of hydrogen-bond donors (Lipinski definition) is 2. The summed E-state index contributed by atoms with van der Waals surface area (Å²) in [7, 11) is 0. The van der Waals surface area contributed by atoms with E-state index in [9.17, 15) is 9.59 Å². The van der Waals surface area contributed by atoms with Crippen LogP contribution in [0.15, 0.2) is 71.5 Å². The van der Waals surface area contributed by atoms with Gasteiger partial charge < -0.3 is 10.3 Å². The molecule has 1 amide bonds. The number of aromatic amines is 1. The number of amides is 1. The van der Waals surface area contributed by atoms with Crippen LogP contribution in [0.3, 0.4) is 0 Å². The number of hydrogen-bond acceptors (Lipinski definition) is 3. The predicted octanol–water partition coefficient (Wildman–Crippen LogP) is 4.04. The van der Waals surface area contributed by atoms with E-state index in [0.717, 1.165) is 16.5 Å². The minimum absolute atomic E-state index is 0.0468. The van der Waals surface area contributed by atoms with Gasteiger partial charge in [-0.1, -0.05) is 48.5 Å². The van der Waals surface area contributed by atoms with Crippen LogP contribution >= 0.6 is 0 Å². The van der Waals surface area contributed by atoms with E-state index in [0.29, 0.717) is 36.0 Å². The van der Waals surface area contributed by atoms with Gasteiger partial charge in [0.05, 0.1) is 10.9 Å². The van der Waals surface area contributed by atoms with Crippen molar-refractivity contribution in [2.75, 3.05) is 5.32 Å². The molecule has 0 aliphatic rings. The molecule has 1 heterocycles. The minimum Gasteiger partial charge on any atom is -0.326 e. The lowest BCUT2D eigenvalue weighted by Crippen LogP contribution is -2.14. The molecule has 4 aromatic rings. The third kappa shape index (κ3) is 3.72. The summed E-state index contributed by atoms with van der Waals surface area (Å²) in [5.41, 5.74) is 1.35. The zero-order valence-electron chi connectivity index (χ0n) is 14.7. The van der Waals surface area contributed by atoms with Crippen LogP contribution in [0.2, 0.25) is 0 Å². The molecule has 5 heteroatoms. The number of carbonyl (C=O) groups is 1. The molecular weight excluding hydrogens is 338 g/mol. The molecule has 0 radical (unpaired) electrons. The zero-order chi connectivity index (χ0) is 18.6. The number of nitrogens with one attached hydrogen (secondary N) is 2. The third-order valence-electron chi connectivity index (χ3n) is 4.54. The fraction of sp³-hybridized carbons (Fsp3) is 0.136. The summed E-state index contributed by atoms with van der Waals surface area (Å²) in [5.74, 6) is 0.561. The van der Waals surface area contributed by atoms with E-state index in [1.54, 1.807) is 6.07 Å². The lowest BCUT2D eigenvalue weighted by Gasteiger charge is -2.09. The van der Waals surface area contributed by atoms with Crippen molar-refractivity contribution >= 4 is 33.3 Å². The molecule has 4 rings (SSSR count). The van der Waals surface area contributed by atoms with Gasteiger partial charge in [-0.3, -0.25) is 9.59 Å². The van der Waals surface area contributed by atoms with Crippen molar-refractivity contribution in [1.82, 2.24) is 9.97 Å². The second-order valence-corrected chi connectivity index (χ2v) is 6.46. The van der Waals surface area contributed by atoms with Gasteiger partial charge in [0.25, 0.3) is 5.56 Å². The fourth-order valence-corrected chi connectivity index (χ4v) is 3.22. The average Bonchev–Trinajstić information content (AvgIpc) is 2.68. The van der Waals surface area contributed by atoms with Crippen LogP contribution in [-0.4, -0.2) is 15.9 Å². The Kier molecular flexibility index (Phi) is 4.66. The predicted molar refractivity (Wildman–Crippen MR) is 108 cm³/mol. The van der Waals surface area contributed by atoms with E-state index in [1.165, 1.54) is 0 Å². The van der Waals surface area contributed by atoms with Gasteiger partial charge in [-0.15, -0.1) is 0 Å². The molecular formula is C22H19N3O2. The quantitative estimate of drug-likeness (QED) is 0.566. The molecule has 3 aromatic carbocycles. The lowest BCUT2D eigenvalue weighted by atomic mass is 10.1. The number of fused-ring (bicyclic) bond motifs is 2. The maximum Gasteiger partial charge on any atom is 0.258 e. The molecule has 0 saturated carbocycles. The Hall–Kier alpha value is -3.47. The van der Waals surface area contributed by atoms with Gasteiger partial charge in [0.15, 0.2) is 0 Å². The third-order valence-corrected chi connectivity index (χ3v) is 4.54. The Labute approximate surface area is 156 Å². The monoisotopic (exact) mass is 357 g/mol. The van der Waals surface area contributed by atoms with Crippen molar-refractivity contribution in [2.24, 2.45) is 0 Å². The van der Waals surface area contributed by atoms with E-state index < -0.39 is 0 Å². The van der Waals surface area contributed by atoms with Crippen molar-refractivity contribution in [3.05, 3.63) is 82.9 Å². The number of H-pyrrole nitrogens is 1. The summed E-state index contributed by atoms with van der Waals surface area (Å²) in [6.07, 6.45) is 1.51. The van der Waals surface area contributed by atoms with E-state index in [1.807, 2.05) is 60.7 Å². The number of anilines is 1. The standard InChI is InChI=1S/C22H19N3O2/c26-21(24-18-12-5-8-15-7-1-2-9-16(15)18)14-6-13-20-23-19-11-4-3-10-17(19)22(27)25-20/h1-5,7-12H,6,13-14H2,(H,24,26)(H,23,25,27). The van der Waals surface area contributed by atoms with Crippen LogP contribution in [0.4, 0.5) is 5.69 Å². The van der Waals surface area contributed by atoms with Crippen molar-refractivity contribution in [3.8, 4) is 0 Å². The molecule has 0 fully saturated rings. The number of aryl methyl sites for hydroxylation is 1. The lowest BCUT2D eigenvalue weighted by molar-refractivity contribution is -0.116. The Morgan fingerprint density at radius 2 is 1.67 bits per heavy atom. The second-order valence-electron chi connectivity index (χ2n) is 6.46. The summed E-state index contributed by atoms with van der Waals surface area (Å²) in [5, 5.41) is 5.67. The summed E-state index contributed by atoms with van der Waals surface area (Å²) in [6, 6.07) is 21.1. The minimum atomic E-state index is -0.143. The molecule has 0 saturated heterocycles. The van der Waals surface area contributed by atoms with Crippen molar-refractivity contribution < 1.29 is 4.79 Å². The van der Waals surface area contributed by atoms with E-state index in [2.05, 4.69) is 15.3 Å². The van der Waals surface area contributed by atoms with E-state index in [4.69, 9.17) is 0 Å². The van der Waals surface area contributed by atoms with Crippen molar-refractivity contribution in [2.45, 2.75) is 19.3 Å². The molecule has 0 bridgehead atoms. The van der Waals surface area contributed by atoms with Crippen LogP contribution < -0.4 is 10.9 Å². The summed E-state index contributed by atoms with van der Waals surface area (Å²) < 4.78 is 0. The fourth-order valence-electron chi connectivity index (χ4n) is 3.22. The SMILES string of the molecule is O=C(CCCc1nc2ccccc2c(=O)[nH]1)Nc1cccc2ccccc12. The van der Waals surface area contributed by atoms with Gasteiger partial charge in [-0.25, -0.2) is 4.98 Å². The first-order chi connectivity index (χ1) is 13.2. The Morgan fingerprint density at radius 3 is 2.56 bits per heavy atom. The first kappa shape index (κ1) is 17.0. The number of para-hydroxylation sites is 1. The van der Waals surface area contributed by atoms with Crippen molar-refractivity contribution in [1.29, 1.82) is 0 Å². The number of rotatable bonds is 5. The molecule has 0 spiro atoms. The zero-order valence-corrected chi connectivity index (χ0v) is 14.7. The topological polar surface area (TPSA) is 74.8 Å². The van der Waals surface area contributed by atoms with Crippen LogP contribution in [-0.2, 0) is 11.2 Å². The summed E-state index contributed by atoms with van der Waals surface area (Å²) >= 11 is 0. The largest absolute Gasteiger partial charge is 0.326 e. The Balaban J connectivity index is 1.40. The maximum atomic E-state index is 12.3. The van der Waals surface area contributed by atoms with Crippen LogP contribution in [0.1, 0.15) is 18.7 Å². The van der Waals surface area contributed by atoms with Gasteiger partial charge >= 0.3 is 0 Å². The molecule has 5 nitrogen and oxygen atoms in total. The molecule has 0 aliphatic heterocycles. The highest BCUT2D eigenvalue weighted by Crippen LogP contribution is 2.23. The van der Waals surface area contributed by atoms with Gasteiger partial charge in [0.1, 0.15) is 5.82 Å². The van der Waals surface area contributed by atoms with Gasteiger partial charge in [-0.2, -0.15) is 0 Å². The average molecular weight is 357 g/mol. The van der Waals surface area contributed by atoms with E-state index in [-0.39, 0.29) is 11.5 Å². The van der Waals surface area contributed by atoms with Gasteiger partial charge in [0, 0.05) is 23.9 Å². The first-order valence-electron chi connectivity index (χ1n) is 8.96. The van der Waals surface area contributed by atoms with Crippen LogP contribution in [0, 0.1) is 0 Å². The molecule has 0 aliphatic carbocycles. The molecule has 2 N–H and O–H groups in total. The normalized spacial score (nSPS) is 11.0. The summed E-state index contributed by atoms with van der Waals surface area (Å²) in [4.78, 5) is 31.7. The molecule has 27 heavy (non-hydrogen) atoms. The molecule has 134 valence electrons. The number of nitrogens with zero attached hydrogens (tertiary/aromatic N) is 1. The molecule has 1 aromatic heterocycles. The van der Waals surface area contributed by atoms with Gasteiger partial charge in [0.2, 0.25) is 5.91 Å². The Morgan fingerprint density at radius 1 is 0.926 bits per heavy atom. The van der Waals surface area contributed by atoms with Crippen LogP contribution in [0.25, 0.3) is 21.7 Å². The van der Waals surface area contributed by atoms with E-state index >= 15 is 0 Å².